The van der Waals surface area contributed by atoms with Gasteiger partial charge in [-0.05, 0) is 52.7 Å². The van der Waals surface area contributed by atoms with Crippen molar-refractivity contribution in [2.24, 2.45) is 0 Å². The molecule has 2 heterocycles. The van der Waals surface area contributed by atoms with Gasteiger partial charge < -0.3 is 15.4 Å². The average molecular weight is 343 g/mol. The Kier molecular flexibility index (Phi) is 4.65. The lowest BCUT2D eigenvalue weighted by Gasteiger charge is -2.37. The molecule has 1 saturated carbocycles. The van der Waals surface area contributed by atoms with Gasteiger partial charge >= 0.3 is 6.09 Å². The third-order valence-electron chi connectivity index (χ3n) is 4.06. The first kappa shape index (κ1) is 17.3. The smallest absolute Gasteiger partial charge is 0.407 e. The van der Waals surface area contributed by atoms with E-state index in [2.05, 4.69) is 20.6 Å². The molecule has 134 valence electrons. The summed E-state index contributed by atoms with van der Waals surface area (Å²) in [4.78, 5) is 20.5. The lowest BCUT2D eigenvalue weighted by atomic mass is 9.86. The Balaban J connectivity index is 1.56. The molecule has 25 heavy (non-hydrogen) atoms. The topological polar surface area (TPSA) is 81.1 Å². The summed E-state index contributed by atoms with van der Waals surface area (Å²) in [7, 11) is 0. The molecular formula is C18H25N5O2. The number of hydrogen-bond acceptors (Lipinski definition) is 5. The SMILES string of the molecule is Cc1nccn1-c1ncccc1NC1CC(NC(=O)OC(C)(C)C)C1. The summed E-state index contributed by atoms with van der Waals surface area (Å²) in [5, 5.41) is 6.42. The zero-order valence-corrected chi connectivity index (χ0v) is 15.1. The third-order valence-corrected chi connectivity index (χ3v) is 4.06. The minimum absolute atomic E-state index is 0.141. The van der Waals surface area contributed by atoms with E-state index in [1.807, 2.05) is 50.6 Å². The fourth-order valence-corrected chi connectivity index (χ4v) is 2.85. The maximum atomic E-state index is 11.8. The van der Waals surface area contributed by atoms with Crippen LogP contribution >= 0.6 is 0 Å². The molecule has 2 aromatic rings. The zero-order valence-electron chi connectivity index (χ0n) is 15.1. The first-order chi connectivity index (χ1) is 11.8. The van der Waals surface area contributed by atoms with Crippen LogP contribution in [0.25, 0.3) is 5.82 Å². The molecule has 1 amide bonds. The molecule has 2 N–H and O–H groups in total. The molecule has 1 aliphatic rings. The maximum absolute atomic E-state index is 11.8. The molecule has 0 bridgehead atoms. The fraction of sp³-hybridized carbons (Fsp3) is 0.500. The minimum atomic E-state index is -0.473. The Morgan fingerprint density at radius 3 is 2.64 bits per heavy atom. The molecule has 0 radical (unpaired) electrons. The van der Waals surface area contributed by atoms with Crippen molar-refractivity contribution in [1.29, 1.82) is 0 Å². The molecule has 0 spiro atoms. The quantitative estimate of drug-likeness (QED) is 0.892. The van der Waals surface area contributed by atoms with Crippen LogP contribution in [0.5, 0.6) is 0 Å². The highest BCUT2D eigenvalue weighted by Crippen LogP contribution is 2.27. The second-order valence-corrected chi connectivity index (χ2v) is 7.37. The largest absolute Gasteiger partial charge is 0.444 e. The summed E-state index contributed by atoms with van der Waals surface area (Å²) in [5.41, 5.74) is 0.489. The van der Waals surface area contributed by atoms with Crippen molar-refractivity contribution in [1.82, 2.24) is 19.9 Å². The van der Waals surface area contributed by atoms with Crippen molar-refractivity contribution in [2.75, 3.05) is 5.32 Å². The Hall–Kier alpha value is -2.57. The summed E-state index contributed by atoms with van der Waals surface area (Å²) in [6.45, 7) is 7.53. The average Bonchev–Trinajstić information content (AvgIpc) is 2.89. The molecule has 3 rings (SSSR count). The van der Waals surface area contributed by atoms with E-state index in [0.29, 0.717) is 6.04 Å². The summed E-state index contributed by atoms with van der Waals surface area (Å²) >= 11 is 0. The van der Waals surface area contributed by atoms with Crippen molar-refractivity contribution in [3.63, 3.8) is 0 Å². The van der Waals surface area contributed by atoms with Gasteiger partial charge in [0.1, 0.15) is 11.4 Å². The first-order valence-electron chi connectivity index (χ1n) is 8.53. The van der Waals surface area contributed by atoms with Gasteiger partial charge in [0, 0.05) is 30.7 Å². The number of alkyl carbamates (subject to hydrolysis) is 1. The maximum Gasteiger partial charge on any atom is 0.407 e. The first-order valence-corrected chi connectivity index (χ1v) is 8.53. The number of nitrogens with one attached hydrogen (secondary N) is 2. The van der Waals surface area contributed by atoms with Crippen LogP contribution in [0.2, 0.25) is 0 Å². The molecule has 0 aliphatic heterocycles. The molecule has 0 saturated heterocycles. The number of carbonyl (C=O) groups excluding carboxylic acids is 1. The van der Waals surface area contributed by atoms with Gasteiger partial charge in [0.2, 0.25) is 0 Å². The normalized spacial score (nSPS) is 19.8. The van der Waals surface area contributed by atoms with E-state index in [0.717, 1.165) is 30.2 Å². The van der Waals surface area contributed by atoms with Gasteiger partial charge in [-0.25, -0.2) is 14.8 Å². The number of aromatic nitrogens is 3. The van der Waals surface area contributed by atoms with E-state index in [-0.39, 0.29) is 12.1 Å². The van der Waals surface area contributed by atoms with E-state index in [1.165, 1.54) is 0 Å². The number of pyridine rings is 1. The van der Waals surface area contributed by atoms with Gasteiger partial charge in [0.15, 0.2) is 5.82 Å². The Morgan fingerprint density at radius 2 is 2.00 bits per heavy atom. The van der Waals surface area contributed by atoms with Crippen molar-refractivity contribution in [3.05, 3.63) is 36.5 Å². The standard InChI is InChI=1S/C18H25N5O2/c1-12-19-8-9-23(12)16-15(6-5-7-20-16)21-13-10-14(11-13)22-17(24)25-18(2,3)4/h5-9,13-14,21H,10-11H2,1-4H3,(H,22,24). The molecule has 1 fully saturated rings. The van der Waals surface area contributed by atoms with Gasteiger partial charge in [-0.15, -0.1) is 0 Å². The van der Waals surface area contributed by atoms with Gasteiger partial charge in [-0.2, -0.15) is 0 Å². The number of rotatable bonds is 4. The molecular weight excluding hydrogens is 318 g/mol. The summed E-state index contributed by atoms with van der Waals surface area (Å²) in [6.07, 6.45) is 6.79. The number of ether oxygens (including phenoxy) is 1. The summed E-state index contributed by atoms with van der Waals surface area (Å²) < 4.78 is 7.24. The molecule has 0 atom stereocenters. The van der Waals surface area contributed by atoms with E-state index in [9.17, 15) is 4.79 Å². The summed E-state index contributed by atoms with van der Waals surface area (Å²) in [6, 6.07) is 4.36. The van der Waals surface area contributed by atoms with E-state index < -0.39 is 5.60 Å². The second kappa shape index (κ2) is 6.74. The number of anilines is 1. The predicted molar refractivity (Wildman–Crippen MR) is 95.9 cm³/mol. The molecule has 0 unspecified atom stereocenters. The van der Waals surface area contributed by atoms with Crippen LogP contribution in [0.4, 0.5) is 10.5 Å². The van der Waals surface area contributed by atoms with E-state index >= 15 is 0 Å². The number of carbonyl (C=O) groups is 1. The van der Waals surface area contributed by atoms with Crippen LogP contribution in [-0.4, -0.2) is 38.3 Å². The molecule has 7 heteroatoms. The van der Waals surface area contributed by atoms with Crippen molar-refractivity contribution < 1.29 is 9.53 Å². The van der Waals surface area contributed by atoms with Crippen LogP contribution in [0, 0.1) is 6.92 Å². The Bertz CT molecular complexity index is 744. The van der Waals surface area contributed by atoms with E-state index in [1.54, 1.807) is 12.4 Å². The van der Waals surface area contributed by atoms with Crippen LogP contribution in [0.3, 0.4) is 0 Å². The van der Waals surface area contributed by atoms with Gasteiger partial charge in [-0.3, -0.25) is 4.57 Å². The number of hydrogen-bond donors (Lipinski definition) is 2. The molecule has 1 aliphatic carbocycles. The predicted octanol–water partition coefficient (Wildman–Crippen LogP) is 3.04. The highest BCUT2D eigenvalue weighted by Gasteiger charge is 2.32. The fourth-order valence-electron chi connectivity index (χ4n) is 2.85. The number of nitrogens with zero attached hydrogens (tertiary/aromatic N) is 3. The minimum Gasteiger partial charge on any atom is -0.444 e. The van der Waals surface area contributed by atoms with Crippen LogP contribution in [0.15, 0.2) is 30.7 Å². The zero-order chi connectivity index (χ0) is 18.0. The van der Waals surface area contributed by atoms with Crippen LogP contribution in [0.1, 0.15) is 39.4 Å². The van der Waals surface area contributed by atoms with Crippen molar-refractivity contribution in [3.8, 4) is 5.82 Å². The lowest BCUT2D eigenvalue weighted by Crippen LogP contribution is -2.50. The van der Waals surface area contributed by atoms with E-state index in [4.69, 9.17) is 4.74 Å². The number of amides is 1. The Morgan fingerprint density at radius 1 is 1.24 bits per heavy atom. The highest BCUT2D eigenvalue weighted by atomic mass is 16.6. The van der Waals surface area contributed by atoms with Gasteiger partial charge in [0.25, 0.3) is 0 Å². The molecule has 2 aromatic heterocycles. The lowest BCUT2D eigenvalue weighted by molar-refractivity contribution is 0.0475. The van der Waals surface area contributed by atoms with Crippen molar-refractivity contribution in [2.45, 2.75) is 58.2 Å². The molecule has 0 aromatic carbocycles. The van der Waals surface area contributed by atoms with Crippen LogP contribution in [-0.2, 0) is 4.74 Å². The monoisotopic (exact) mass is 343 g/mol. The molecule has 7 nitrogen and oxygen atoms in total. The van der Waals surface area contributed by atoms with Gasteiger partial charge in [-0.1, -0.05) is 0 Å². The highest BCUT2D eigenvalue weighted by molar-refractivity contribution is 5.68. The van der Waals surface area contributed by atoms with Crippen molar-refractivity contribution >= 4 is 11.8 Å². The second-order valence-electron chi connectivity index (χ2n) is 7.37. The van der Waals surface area contributed by atoms with Gasteiger partial charge in [0.05, 0.1) is 5.69 Å². The third kappa shape index (κ3) is 4.29. The summed E-state index contributed by atoms with van der Waals surface area (Å²) in [5.74, 6) is 1.72. The number of aryl methyl sites for hydroxylation is 1. The number of imidazole rings is 1. The Labute approximate surface area is 147 Å². The van der Waals surface area contributed by atoms with Crippen LogP contribution < -0.4 is 10.6 Å².